The smallest absolute Gasteiger partial charge is 0.270 e. The number of hydrogen-bond acceptors (Lipinski definition) is 4. The van der Waals surface area contributed by atoms with E-state index in [9.17, 15) is 10.1 Å². The Morgan fingerprint density at radius 2 is 2.09 bits per heavy atom. The first-order chi connectivity index (χ1) is 10.6. The lowest BCUT2D eigenvalue weighted by Gasteiger charge is -1.98. The zero-order valence-corrected chi connectivity index (χ0v) is 11.8. The quantitative estimate of drug-likeness (QED) is 0.453. The Morgan fingerprint density at radius 3 is 2.91 bits per heavy atom. The number of hydrogen-bond donors (Lipinski definition) is 1. The zero-order chi connectivity index (χ0) is 15.3. The molecule has 0 unspecified atom stereocenters. The van der Waals surface area contributed by atoms with Gasteiger partial charge in [-0.1, -0.05) is 11.6 Å². The van der Waals surface area contributed by atoms with Crippen LogP contribution in [0.2, 0.25) is 5.02 Å². The number of aromatic amines is 1. The van der Waals surface area contributed by atoms with Gasteiger partial charge in [0.15, 0.2) is 0 Å². The summed E-state index contributed by atoms with van der Waals surface area (Å²) >= 11 is 5.96. The molecule has 2 aromatic heterocycles. The average Bonchev–Trinajstić information content (AvgIpc) is 3.08. The number of halogens is 1. The molecule has 0 aliphatic carbocycles. The van der Waals surface area contributed by atoms with Crippen LogP contribution in [0.15, 0.2) is 42.6 Å². The molecule has 2 heterocycles. The van der Waals surface area contributed by atoms with Gasteiger partial charge < -0.3 is 4.98 Å². The Labute approximate surface area is 128 Å². The summed E-state index contributed by atoms with van der Waals surface area (Å²) in [5.74, 6) is 0.529. The van der Waals surface area contributed by atoms with Crippen LogP contribution in [0.3, 0.4) is 0 Å². The third-order valence-corrected chi connectivity index (χ3v) is 3.63. The van der Waals surface area contributed by atoms with Crippen LogP contribution < -0.4 is 0 Å². The van der Waals surface area contributed by atoms with Gasteiger partial charge in [-0.2, -0.15) is 9.78 Å². The SMILES string of the molecule is O=[N+]([O-])c1ccc2c(cnn2-c2nc3ccc(Cl)cc3[nH]2)c1. The molecule has 0 spiro atoms. The van der Waals surface area contributed by atoms with E-state index in [4.69, 9.17) is 11.6 Å². The van der Waals surface area contributed by atoms with Crippen molar-refractivity contribution in [2.75, 3.05) is 0 Å². The van der Waals surface area contributed by atoms with E-state index in [1.54, 1.807) is 29.1 Å². The van der Waals surface area contributed by atoms with E-state index in [2.05, 4.69) is 15.1 Å². The van der Waals surface area contributed by atoms with Gasteiger partial charge in [0.2, 0.25) is 5.95 Å². The minimum atomic E-state index is -0.431. The van der Waals surface area contributed by atoms with Gasteiger partial charge in [-0.25, -0.2) is 4.98 Å². The number of nitro groups is 1. The van der Waals surface area contributed by atoms with Gasteiger partial charge in [-0.15, -0.1) is 0 Å². The summed E-state index contributed by atoms with van der Waals surface area (Å²) in [6, 6.07) is 9.94. The fourth-order valence-corrected chi connectivity index (χ4v) is 2.54. The van der Waals surface area contributed by atoms with Crippen molar-refractivity contribution in [3.8, 4) is 5.95 Å². The van der Waals surface area contributed by atoms with Crippen molar-refractivity contribution in [3.63, 3.8) is 0 Å². The summed E-state index contributed by atoms with van der Waals surface area (Å²) in [6.45, 7) is 0. The van der Waals surface area contributed by atoms with E-state index in [-0.39, 0.29) is 5.69 Å². The van der Waals surface area contributed by atoms with Crippen LogP contribution >= 0.6 is 11.6 Å². The predicted molar refractivity (Wildman–Crippen MR) is 82.4 cm³/mol. The van der Waals surface area contributed by atoms with Crippen LogP contribution in [-0.2, 0) is 0 Å². The maximum Gasteiger partial charge on any atom is 0.270 e. The van der Waals surface area contributed by atoms with Crippen molar-refractivity contribution < 1.29 is 4.92 Å². The molecule has 7 nitrogen and oxygen atoms in total. The van der Waals surface area contributed by atoms with E-state index in [0.29, 0.717) is 16.4 Å². The molecule has 108 valence electrons. The highest BCUT2D eigenvalue weighted by atomic mass is 35.5. The Hall–Kier alpha value is -2.93. The molecule has 2 aromatic carbocycles. The van der Waals surface area contributed by atoms with Crippen molar-refractivity contribution >= 4 is 39.2 Å². The van der Waals surface area contributed by atoms with E-state index < -0.39 is 4.92 Å². The number of rotatable bonds is 2. The van der Waals surface area contributed by atoms with Crippen LogP contribution in [0.4, 0.5) is 5.69 Å². The van der Waals surface area contributed by atoms with Crippen LogP contribution in [0.5, 0.6) is 0 Å². The summed E-state index contributed by atoms with van der Waals surface area (Å²) < 4.78 is 1.60. The second-order valence-corrected chi connectivity index (χ2v) is 5.21. The number of nitrogens with zero attached hydrogens (tertiary/aromatic N) is 4. The summed E-state index contributed by atoms with van der Waals surface area (Å²) in [5.41, 5.74) is 2.33. The molecule has 0 aliphatic rings. The fourth-order valence-electron chi connectivity index (χ4n) is 2.37. The molecule has 0 atom stereocenters. The van der Waals surface area contributed by atoms with Crippen LogP contribution in [0.25, 0.3) is 27.9 Å². The molecule has 22 heavy (non-hydrogen) atoms. The van der Waals surface area contributed by atoms with Gasteiger partial charge in [-0.3, -0.25) is 10.1 Å². The van der Waals surface area contributed by atoms with Crippen LogP contribution in [0.1, 0.15) is 0 Å². The number of aromatic nitrogens is 4. The monoisotopic (exact) mass is 313 g/mol. The molecule has 0 radical (unpaired) electrons. The number of fused-ring (bicyclic) bond motifs is 2. The summed E-state index contributed by atoms with van der Waals surface area (Å²) in [4.78, 5) is 18.0. The Bertz CT molecular complexity index is 1040. The molecule has 0 fully saturated rings. The topological polar surface area (TPSA) is 89.6 Å². The van der Waals surface area contributed by atoms with Crippen molar-refractivity contribution in [2.45, 2.75) is 0 Å². The van der Waals surface area contributed by atoms with Gasteiger partial charge in [-0.05, 0) is 24.3 Å². The van der Waals surface area contributed by atoms with Crippen molar-refractivity contribution in [1.82, 2.24) is 19.7 Å². The average molecular weight is 314 g/mol. The van der Waals surface area contributed by atoms with Crippen molar-refractivity contribution in [1.29, 1.82) is 0 Å². The largest absolute Gasteiger partial charge is 0.322 e. The molecule has 8 heteroatoms. The number of nitrogens with one attached hydrogen (secondary N) is 1. The first-order valence-corrected chi connectivity index (χ1v) is 6.77. The predicted octanol–water partition coefficient (Wildman–Crippen LogP) is 3.46. The Balaban J connectivity index is 1.90. The molecule has 4 aromatic rings. The zero-order valence-electron chi connectivity index (χ0n) is 11.0. The second kappa shape index (κ2) is 4.54. The summed E-state index contributed by atoms with van der Waals surface area (Å²) in [5, 5.41) is 16.4. The number of benzene rings is 2. The standard InChI is InChI=1S/C14H8ClN5O2/c15-9-1-3-11-12(6-9)18-14(17-11)19-13-4-2-10(20(21)22)5-8(13)7-16-19/h1-7H,(H,17,18). The number of nitro benzene ring substituents is 1. The minimum Gasteiger partial charge on any atom is -0.322 e. The number of H-pyrrole nitrogens is 1. The normalized spacial score (nSPS) is 11.3. The highest BCUT2D eigenvalue weighted by molar-refractivity contribution is 6.31. The molecular formula is C14H8ClN5O2. The molecule has 1 N–H and O–H groups in total. The van der Waals surface area contributed by atoms with E-state index in [1.807, 2.05) is 6.07 Å². The summed E-state index contributed by atoms with van der Waals surface area (Å²) in [6.07, 6.45) is 1.57. The van der Waals surface area contributed by atoms with E-state index in [0.717, 1.165) is 16.6 Å². The van der Waals surface area contributed by atoms with Crippen molar-refractivity contribution in [2.24, 2.45) is 0 Å². The molecular weight excluding hydrogens is 306 g/mol. The van der Waals surface area contributed by atoms with Crippen LogP contribution in [-0.4, -0.2) is 24.7 Å². The van der Waals surface area contributed by atoms with E-state index >= 15 is 0 Å². The molecule has 0 bridgehead atoms. The lowest BCUT2D eigenvalue weighted by molar-refractivity contribution is -0.384. The lowest BCUT2D eigenvalue weighted by atomic mass is 10.2. The van der Waals surface area contributed by atoms with Gasteiger partial charge in [0.1, 0.15) is 0 Å². The minimum absolute atomic E-state index is 0.0310. The Morgan fingerprint density at radius 1 is 1.23 bits per heavy atom. The third-order valence-electron chi connectivity index (χ3n) is 3.39. The van der Waals surface area contributed by atoms with Crippen LogP contribution in [0, 0.1) is 10.1 Å². The Kier molecular flexibility index (Phi) is 2.64. The first kappa shape index (κ1) is 12.8. The highest BCUT2D eigenvalue weighted by Gasteiger charge is 2.13. The molecule has 0 aliphatic heterocycles. The first-order valence-electron chi connectivity index (χ1n) is 6.40. The number of imidazole rings is 1. The maximum absolute atomic E-state index is 10.8. The molecule has 0 amide bonds. The van der Waals surface area contributed by atoms with Gasteiger partial charge in [0.05, 0.1) is 27.7 Å². The van der Waals surface area contributed by atoms with Gasteiger partial charge >= 0.3 is 0 Å². The second-order valence-electron chi connectivity index (χ2n) is 4.78. The van der Waals surface area contributed by atoms with Gasteiger partial charge in [0, 0.05) is 22.5 Å². The summed E-state index contributed by atoms with van der Waals surface area (Å²) in [7, 11) is 0. The van der Waals surface area contributed by atoms with Gasteiger partial charge in [0.25, 0.3) is 5.69 Å². The number of non-ortho nitro benzene ring substituents is 1. The lowest BCUT2D eigenvalue weighted by Crippen LogP contribution is -1.98. The third kappa shape index (κ3) is 1.91. The van der Waals surface area contributed by atoms with Crippen molar-refractivity contribution in [3.05, 3.63) is 57.7 Å². The maximum atomic E-state index is 10.8. The molecule has 0 saturated heterocycles. The van der Waals surface area contributed by atoms with E-state index in [1.165, 1.54) is 12.1 Å². The highest BCUT2D eigenvalue weighted by Crippen LogP contribution is 2.24. The fraction of sp³-hybridized carbons (Fsp3) is 0. The molecule has 4 rings (SSSR count). The molecule has 0 saturated carbocycles.